The highest BCUT2D eigenvalue weighted by molar-refractivity contribution is 7.12. The van der Waals surface area contributed by atoms with Crippen LogP contribution in [0.2, 0.25) is 0 Å². The third kappa shape index (κ3) is 3.34. The summed E-state index contributed by atoms with van der Waals surface area (Å²) in [5.74, 6) is 1.06. The van der Waals surface area contributed by atoms with Crippen molar-refractivity contribution in [2.24, 2.45) is 10.7 Å². The van der Waals surface area contributed by atoms with Crippen LogP contribution in [-0.2, 0) is 0 Å². The Morgan fingerprint density at radius 3 is 3.04 bits per heavy atom. The predicted molar refractivity (Wildman–Crippen MR) is 107 cm³/mol. The minimum atomic E-state index is 0.465. The molecule has 0 bridgehead atoms. The summed E-state index contributed by atoms with van der Waals surface area (Å²) in [4.78, 5) is 8.13. The van der Waals surface area contributed by atoms with Crippen LogP contribution in [0, 0.1) is 0 Å². The van der Waals surface area contributed by atoms with Gasteiger partial charge in [0.15, 0.2) is 0 Å². The molecular formula is C20H24N4S. The van der Waals surface area contributed by atoms with Crippen LogP contribution in [0.5, 0.6) is 0 Å². The van der Waals surface area contributed by atoms with Crippen molar-refractivity contribution >= 4 is 28.5 Å². The number of benzene rings is 1. The van der Waals surface area contributed by atoms with Crippen molar-refractivity contribution in [2.75, 3.05) is 31.5 Å². The second-order valence-electron chi connectivity index (χ2n) is 6.60. The monoisotopic (exact) mass is 352 g/mol. The van der Waals surface area contributed by atoms with Gasteiger partial charge in [0.1, 0.15) is 5.84 Å². The summed E-state index contributed by atoms with van der Waals surface area (Å²) in [7, 11) is 0. The van der Waals surface area contributed by atoms with E-state index in [9.17, 15) is 0 Å². The lowest BCUT2D eigenvalue weighted by Gasteiger charge is -2.27. The number of amidine groups is 1. The first kappa shape index (κ1) is 16.4. The molecule has 1 aromatic carbocycles. The van der Waals surface area contributed by atoms with Gasteiger partial charge in [0.25, 0.3) is 0 Å². The van der Waals surface area contributed by atoms with Gasteiger partial charge in [-0.05, 0) is 48.2 Å². The molecule has 4 nitrogen and oxygen atoms in total. The third-order valence-corrected chi connectivity index (χ3v) is 6.05. The van der Waals surface area contributed by atoms with Crippen LogP contribution in [0.3, 0.4) is 0 Å². The van der Waals surface area contributed by atoms with Gasteiger partial charge in [-0.2, -0.15) is 0 Å². The van der Waals surface area contributed by atoms with E-state index in [4.69, 9.17) is 5.73 Å². The zero-order valence-electron chi connectivity index (χ0n) is 14.5. The fraction of sp³-hybridized carbons (Fsp3) is 0.350. The van der Waals surface area contributed by atoms with Gasteiger partial charge in [0.2, 0.25) is 0 Å². The van der Waals surface area contributed by atoms with E-state index < -0.39 is 0 Å². The first-order valence-corrected chi connectivity index (χ1v) is 9.79. The van der Waals surface area contributed by atoms with Crippen molar-refractivity contribution in [2.45, 2.75) is 19.3 Å². The summed E-state index contributed by atoms with van der Waals surface area (Å²) < 4.78 is 0. The molecule has 4 rings (SSSR count). The second kappa shape index (κ2) is 7.02. The summed E-state index contributed by atoms with van der Waals surface area (Å²) in [5, 5.41) is 5.57. The summed E-state index contributed by atoms with van der Waals surface area (Å²) >= 11 is 1.62. The number of hydrogen-bond donors (Lipinski definition) is 2. The van der Waals surface area contributed by atoms with Crippen LogP contribution in [0.1, 0.15) is 29.7 Å². The number of nitrogens with one attached hydrogen (secondary N) is 1. The smallest absolute Gasteiger partial charge is 0.141 e. The van der Waals surface area contributed by atoms with Gasteiger partial charge < -0.3 is 11.1 Å². The molecule has 2 aromatic rings. The summed E-state index contributed by atoms with van der Waals surface area (Å²) in [6.07, 6.45) is 3.58. The number of aliphatic imine (C=N–C) groups is 1. The highest BCUT2D eigenvalue weighted by atomic mass is 32.1. The van der Waals surface area contributed by atoms with E-state index in [-0.39, 0.29) is 0 Å². The lowest BCUT2D eigenvalue weighted by atomic mass is 9.88. The minimum absolute atomic E-state index is 0.465. The number of nitrogens with zero attached hydrogens (tertiary/aromatic N) is 2. The standard InChI is InChI=1S/C20H24N4S/c1-2-24-9-7-14(8-10-24)17-13-22-18-6-5-15(12-16(17)18)23-20(21)19-4-3-11-25-19/h3-7,11-12,17,22H,2,8-10,13H2,1H3,(H2,21,23). The maximum absolute atomic E-state index is 6.15. The van der Waals surface area contributed by atoms with Crippen LogP contribution in [0.25, 0.3) is 0 Å². The second-order valence-corrected chi connectivity index (χ2v) is 7.55. The van der Waals surface area contributed by atoms with Gasteiger partial charge in [0, 0.05) is 31.2 Å². The molecule has 0 radical (unpaired) electrons. The molecule has 1 unspecified atom stereocenters. The summed E-state index contributed by atoms with van der Waals surface area (Å²) in [6.45, 7) is 6.58. The maximum Gasteiger partial charge on any atom is 0.141 e. The van der Waals surface area contributed by atoms with E-state index in [0.29, 0.717) is 11.8 Å². The normalized spacial score (nSPS) is 20.9. The molecule has 5 heteroatoms. The molecule has 2 aliphatic rings. The SMILES string of the molecule is CCN1CC=C(C2CNc3ccc(N=C(N)c4cccs4)cc32)CC1. The third-order valence-electron chi connectivity index (χ3n) is 5.15. The van der Waals surface area contributed by atoms with Crippen molar-refractivity contribution < 1.29 is 0 Å². The van der Waals surface area contributed by atoms with E-state index in [1.807, 2.05) is 23.6 Å². The molecule has 0 saturated carbocycles. The van der Waals surface area contributed by atoms with E-state index in [1.165, 1.54) is 11.3 Å². The quantitative estimate of drug-likeness (QED) is 0.498. The number of fused-ring (bicyclic) bond motifs is 1. The van der Waals surface area contributed by atoms with Crippen molar-refractivity contribution in [1.82, 2.24) is 4.90 Å². The molecule has 0 saturated heterocycles. The Labute approximate surface area is 153 Å². The lowest BCUT2D eigenvalue weighted by Crippen LogP contribution is -2.29. The molecule has 0 spiro atoms. The zero-order chi connectivity index (χ0) is 17.2. The van der Waals surface area contributed by atoms with Gasteiger partial charge in [-0.25, -0.2) is 4.99 Å². The number of likely N-dealkylation sites (N-methyl/N-ethyl adjacent to an activating group) is 1. The molecule has 3 heterocycles. The topological polar surface area (TPSA) is 53.6 Å². The van der Waals surface area contributed by atoms with Gasteiger partial charge >= 0.3 is 0 Å². The van der Waals surface area contributed by atoms with Crippen LogP contribution < -0.4 is 11.1 Å². The Bertz CT molecular complexity index is 807. The molecule has 25 heavy (non-hydrogen) atoms. The fourth-order valence-corrected chi connectivity index (χ4v) is 4.30. The predicted octanol–water partition coefficient (Wildman–Crippen LogP) is 3.95. The Morgan fingerprint density at radius 2 is 2.32 bits per heavy atom. The minimum Gasteiger partial charge on any atom is -0.384 e. The van der Waals surface area contributed by atoms with Crippen LogP contribution in [-0.4, -0.2) is 36.9 Å². The number of rotatable bonds is 4. The Morgan fingerprint density at radius 1 is 1.40 bits per heavy atom. The molecule has 1 atom stereocenters. The van der Waals surface area contributed by atoms with E-state index in [1.54, 1.807) is 16.9 Å². The Balaban J connectivity index is 1.60. The number of anilines is 1. The molecule has 3 N–H and O–H groups in total. The molecule has 2 aliphatic heterocycles. The van der Waals surface area contributed by atoms with Crippen molar-refractivity contribution in [3.63, 3.8) is 0 Å². The van der Waals surface area contributed by atoms with Crippen molar-refractivity contribution in [3.05, 3.63) is 57.8 Å². The average molecular weight is 353 g/mol. The van der Waals surface area contributed by atoms with Gasteiger partial charge in [-0.3, -0.25) is 4.90 Å². The van der Waals surface area contributed by atoms with Crippen LogP contribution in [0.4, 0.5) is 11.4 Å². The average Bonchev–Trinajstić information content (AvgIpc) is 3.31. The molecule has 0 fully saturated rings. The van der Waals surface area contributed by atoms with E-state index in [0.717, 1.165) is 43.2 Å². The van der Waals surface area contributed by atoms with Crippen LogP contribution >= 0.6 is 11.3 Å². The number of hydrogen-bond acceptors (Lipinski definition) is 4. The lowest BCUT2D eigenvalue weighted by molar-refractivity contribution is 0.306. The van der Waals surface area contributed by atoms with Gasteiger partial charge in [0.05, 0.1) is 10.6 Å². The Hall–Kier alpha value is -2.11. The van der Waals surface area contributed by atoms with E-state index >= 15 is 0 Å². The Kier molecular flexibility index (Phi) is 4.59. The van der Waals surface area contributed by atoms with Gasteiger partial charge in [-0.1, -0.05) is 24.6 Å². The summed E-state index contributed by atoms with van der Waals surface area (Å²) in [5.41, 5.74) is 11.2. The molecule has 130 valence electrons. The highest BCUT2D eigenvalue weighted by Gasteiger charge is 2.27. The number of thiophene rings is 1. The molecule has 1 aromatic heterocycles. The molecular weight excluding hydrogens is 328 g/mol. The highest BCUT2D eigenvalue weighted by Crippen LogP contribution is 2.40. The zero-order valence-corrected chi connectivity index (χ0v) is 15.4. The van der Waals surface area contributed by atoms with Crippen molar-refractivity contribution in [1.29, 1.82) is 0 Å². The van der Waals surface area contributed by atoms with Crippen molar-refractivity contribution in [3.8, 4) is 0 Å². The fourth-order valence-electron chi connectivity index (χ4n) is 3.67. The number of nitrogens with two attached hydrogens (primary N) is 1. The largest absolute Gasteiger partial charge is 0.384 e. The maximum atomic E-state index is 6.15. The van der Waals surface area contributed by atoms with Gasteiger partial charge in [-0.15, -0.1) is 11.3 Å². The molecule has 0 amide bonds. The first-order valence-electron chi connectivity index (χ1n) is 8.91. The first-order chi connectivity index (χ1) is 12.2. The van der Waals surface area contributed by atoms with E-state index in [2.05, 4.69) is 40.3 Å². The summed E-state index contributed by atoms with van der Waals surface area (Å²) in [6, 6.07) is 10.4. The van der Waals surface area contributed by atoms with Crippen LogP contribution in [0.15, 0.2) is 52.4 Å². The molecule has 0 aliphatic carbocycles.